The molecule has 20 heavy (non-hydrogen) atoms. The van der Waals surface area contributed by atoms with Crippen LogP contribution < -0.4 is 10.5 Å². The molecule has 2 rings (SSSR count). The molecule has 1 unspecified atom stereocenters. The van der Waals surface area contributed by atoms with E-state index in [1.807, 2.05) is 12.1 Å². The van der Waals surface area contributed by atoms with E-state index < -0.39 is 0 Å². The Balaban J connectivity index is 2.26. The van der Waals surface area contributed by atoms with Gasteiger partial charge >= 0.3 is 0 Å². The van der Waals surface area contributed by atoms with Crippen LogP contribution in [0.15, 0.2) is 41.1 Å². The van der Waals surface area contributed by atoms with E-state index in [2.05, 4.69) is 46.9 Å². The number of hydrogen-bond donors (Lipinski definition) is 1. The van der Waals surface area contributed by atoms with Gasteiger partial charge in [0.25, 0.3) is 0 Å². The first-order valence-corrected chi connectivity index (χ1v) is 7.50. The topological polar surface area (TPSA) is 48.1 Å². The first kappa shape index (κ1) is 15.0. The van der Waals surface area contributed by atoms with Crippen molar-refractivity contribution in [2.75, 3.05) is 6.61 Å². The van der Waals surface area contributed by atoms with Crippen molar-refractivity contribution in [3.05, 3.63) is 57.8 Å². The van der Waals surface area contributed by atoms with E-state index in [0.717, 1.165) is 27.8 Å². The van der Waals surface area contributed by atoms with Gasteiger partial charge in [-0.15, -0.1) is 0 Å². The molecule has 0 aliphatic carbocycles. The van der Waals surface area contributed by atoms with Crippen molar-refractivity contribution >= 4 is 15.9 Å². The van der Waals surface area contributed by atoms with Gasteiger partial charge in [-0.2, -0.15) is 0 Å². The number of halogens is 1. The molecule has 2 N–H and O–H groups in total. The SMILES string of the molecule is CCCOc1cncc(C(N)c2ccc(C)cc2Br)c1. The lowest BCUT2D eigenvalue weighted by Crippen LogP contribution is -2.13. The van der Waals surface area contributed by atoms with E-state index in [4.69, 9.17) is 10.5 Å². The van der Waals surface area contributed by atoms with Crippen molar-refractivity contribution in [3.63, 3.8) is 0 Å². The predicted molar refractivity (Wildman–Crippen MR) is 84.9 cm³/mol. The monoisotopic (exact) mass is 334 g/mol. The number of pyridine rings is 1. The molecule has 3 nitrogen and oxygen atoms in total. The number of hydrogen-bond acceptors (Lipinski definition) is 3. The highest BCUT2D eigenvalue weighted by Crippen LogP contribution is 2.28. The Morgan fingerprint density at radius 1 is 1.30 bits per heavy atom. The Kier molecular flexibility index (Phi) is 5.15. The molecular formula is C16H19BrN2O. The van der Waals surface area contributed by atoms with Crippen LogP contribution >= 0.6 is 15.9 Å². The molecule has 1 heterocycles. The number of ether oxygens (including phenoxy) is 1. The summed E-state index contributed by atoms with van der Waals surface area (Å²) in [6.45, 7) is 4.82. The smallest absolute Gasteiger partial charge is 0.137 e. The van der Waals surface area contributed by atoms with Crippen LogP contribution in [0, 0.1) is 6.92 Å². The Labute approximate surface area is 128 Å². The Morgan fingerprint density at radius 2 is 2.10 bits per heavy atom. The first-order valence-electron chi connectivity index (χ1n) is 6.71. The van der Waals surface area contributed by atoms with E-state index in [1.54, 1.807) is 12.4 Å². The van der Waals surface area contributed by atoms with Crippen molar-refractivity contribution in [3.8, 4) is 5.75 Å². The molecule has 1 aromatic carbocycles. The van der Waals surface area contributed by atoms with Crippen molar-refractivity contribution in [2.45, 2.75) is 26.3 Å². The summed E-state index contributed by atoms with van der Waals surface area (Å²) in [5.74, 6) is 0.767. The lowest BCUT2D eigenvalue weighted by Gasteiger charge is -2.15. The molecule has 2 aromatic rings. The number of benzene rings is 1. The van der Waals surface area contributed by atoms with Gasteiger partial charge in [0, 0.05) is 10.7 Å². The largest absolute Gasteiger partial charge is 0.492 e. The van der Waals surface area contributed by atoms with Gasteiger partial charge in [-0.3, -0.25) is 4.98 Å². The van der Waals surface area contributed by atoms with Crippen LogP contribution in [0.1, 0.15) is 36.1 Å². The van der Waals surface area contributed by atoms with Crippen LogP contribution in [0.2, 0.25) is 0 Å². The first-order chi connectivity index (χ1) is 9.61. The van der Waals surface area contributed by atoms with Gasteiger partial charge in [-0.1, -0.05) is 35.0 Å². The maximum absolute atomic E-state index is 6.34. The average molecular weight is 335 g/mol. The van der Waals surface area contributed by atoms with E-state index in [9.17, 15) is 0 Å². The molecule has 0 aliphatic rings. The molecule has 1 atom stereocenters. The van der Waals surface area contributed by atoms with E-state index in [1.165, 1.54) is 5.56 Å². The minimum atomic E-state index is -0.220. The minimum Gasteiger partial charge on any atom is -0.492 e. The van der Waals surface area contributed by atoms with Crippen molar-refractivity contribution < 1.29 is 4.74 Å². The fourth-order valence-electron chi connectivity index (χ4n) is 1.97. The van der Waals surface area contributed by atoms with Gasteiger partial charge in [0.2, 0.25) is 0 Å². The molecule has 0 spiro atoms. The highest BCUT2D eigenvalue weighted by molar-refractivity contribution is 9.10. The number of aryl methyl sites for hydroxylation is 1. The summed E-state index contributed by atoms with van der Waals surface area (Å²) in [5.41, 5.74) is 9.53. The number of rotatable bonds is 5. The standard InChI is InChI=1S/C16H19BrN2O/c1-3-6-20-13-8-12(9-19-10-13)16(18)14-5-4-11(2)7-15(14)17/h4-5,7-10,16H,3,6,18H2,1-2H3. The number of nitrogens with two attached hydrogens (primary N) is 1. The van der Waals surface area contributed by atoms with Gasteiger partial charge in [-0.05, 0) is 42.2 Å². The third kappa shape index (κ3) is 3.58. The summed E-state index contributed by atoms with van der Waals surface area (Å²) in [5, 5.41) is 0. The minimum absolute atomic E-state index is 0.220. The fraction of sp³-hybridized carbons (Fsp3) is 0.312. The summed E-state index contributed by atoms with van der Waals surface area (Å²) in [7, 11) is 0. The second-order valence-electron chi connectivity index (χ2n) is 4.81. The second-order valence-corrected chi connectivity index (χ2v) is 5.66. The van der Waals surface area contributed by atoms with Gasteiger partial charge in [0.1, 0.15) is 5.75 Å². The van der Waals surface area contributed by atoms with Gasteiger partial charge < -0.3 is 10.5 Å². The van der Waals surface area contributed by atoms with E-state index >= 15 is 0 Å². The predicted octanol–water partition coefficient (Wildman–Crippen LogP) is 3.99. The Morgan fingerprint density at radius 3 is 2.80 bits per heavy atom. The van der Waals surface area contributed by atoms with Crippen LogP contribution in [0.25, 0.3) is 0 Å². The summed E-state index contributed by atoms with van der Waals surface area (Å²) in [6, 6.07) is 7.91. The number of nitrogens with zero attached hydrogens (tertiary/aromatic N) is 1. The van der Waals surface area contributed by atoms with Crippen molar-refractivity contribution in [1.29, 1.82) is 0 Å². The maximum atomic E-state index is 6.34. The Hall–Kier alpha value is -1.39. The number of aromatic nitrogens is 1. The van der Waals surface area contributed by atoms with Crippen LogP contribution in [0.4, 0.5) is 0 Å². The molecule has 0 saturated carbocycles. The van der Waals surface area contributed by atoms with Gasteiger partial charge in [-0.25, -0.2) is 0 Å². The lowest BCUT2D eigenvalue weighted by molar-refractivity contribution is 0.315. The molecule has 0 amide bonds. The lowest BCUT2D eigenvalue weighted by atomic mass is 10.00. The normalized spacial score (nSPS) is 12.2. The zero-order valence-electron chi connectivity index (χ0n) is 11.8. The molecular weight excluding hydrogens is 316 g/mol. The van der Waals surface area contributed by atoms with Crippen molar-refractivity contribution in [1.82, 2.24) is 4.98 Å². The quantitative estimate of drug-likeness (QED) is 0.899. The van der Waals surface area contributed by atoms with Crippen LogP contribution in [0.3, 0.4) is 0 Å². The zero-order valence-corrected chi connectivity index (χ0v) is 13.4. The van der Waals surface area contributed by atoms with Crippen LogP contribution in [-0.2, 0) is 0 Å². The third-order valence-electron chi connectivity index (χ3n) is 3.06. The van der Waals surface area contributed by atoms with E-state index in [0.29, 0.717) is 6.61 Å². The highest BCUT2D eigenvalue weighted by Gasteiger charge is 2.13. The molecule has 0 aliphatic heterocycles. The third-order valence-corrected chi connectivity index (χ3v) is 3.74. The van der Waals surface area contributed by atoms with Crippen molar-refractivity contribution in [2.24, 2.45) is 5.73 Å². The molecule has 1 aromatic heterocycles. The summed E-state index contributed by atoms with van der Waals surface area (Å²) in [6.07, 6.45) is 4.48. The van der Waals surface area contributed by atoms with Crippen LogP contribution in [-0.4, -0.2) is 11.6 Å². The molecule has 4 heteroatoms. The van der Waals surface area contributed by atoms with E-state index in [-0.39, 0.29) is 6.04 Å². The van der Waals surface area contributed by atoms with Crippen LogP contribution in [0.5, 0.6) is 5.75 Å². The summed E-state index contributed by atoms with van der Waals surface area (Å²) >= 11 is 3.57. The highest BCUT2D eigenvalue weighted by atomic mass is 79.9. The second kappa shape index (κ2) is 6.86. The summed E-state index contributed by atoms with van der Waals surface area (Å²) < 4.78 is 6.62. The molecule has 0 fully saturated rings. The molecule has 0 radical (unpaired) electrons. The van der Waals surface area contributed by atoms with Gasteiger partial charge in [0.15, 0.2) is 0 Å². The molecule has 0 bridgehead atoms. The fourth-order valence-corrected chi connectivity index (χ4v) is 2.71. The zero-order chi connectivity index (χ0) is 14.5. The summed E-state index contributed by atoms with van der Waals surface area (Å²) in [4.78, 5) is 4.21. The Bertz CT molecular complexity index is 586. The van der Waals surface area contributed by atoms with Gasteiger partial charge in [0.05, 0.1) is 18.8 Å². The average Bonchev–Trinajstić information content (AvgIpc) is 2.45. The molecule has 106 valence electrons. The molecule has 0 saturated heterocycles. The maximum Gasteiger partial charge on any atom is 0.137 e.